The first-order valence-electron chi connectivity index (χ1n) is 7.53. The lowest BCUT2D eigenvalue weighted by atomic mass is 9.78. The zero-order valence-corrected chi connectivity index (χ0v) is 14.5. The quantitative estimate of drug-likeness (QED) is 0.796. The molecule has 1 aliphatic heterocycles. The van der Waals surface area contributed by atoms with E-state index < -0.39 is 0 Å². The molecule has 0 unspecified atom stereocenters. The molecule has 0 atom stereocenters. The number of halogens is 1. The molecule has 0 spiro atoms. The van der Waals surface area contributed by atoms with Gasteiger partial charge in [0.2, 0.25) is 0 Å². The minimum atomic E-state index is 0.169. The summed E-state index contributed by atoms with van der Waals surface area (Å²) in [6.07, 6.45) is 5.42. The van der Waals surface area contributed by atoms with Gasteiger partial charge in [-0.3, -0.25) is 4.79 Å². The lowest BCUT2D eigenvalue weighted by molar-refractivity contribution is 0.0588. The Hall–Kier alpha value is -0.770. The summed E-state index contributed by atoms with van der Waals surface area (Å²) in [4.78, 5) is 14.7. The lowest BCUT2D eigenvalue weighted by Crippen LogP contribution is -2.42. The van der Waals surface area contributed by atoms with Gasteiger partial charge in [-0.05, 0) is 54.1 Å². The first-order valence-corrected chi connectivity index (χ1v) is 8.32. The standard InChI is InChI=1S/C16H25BrN2O/c1-5-16(4)6-8-18(9-7-16)15(20)14-10-13(17)11-19(14)12(2)3/h10-12H,5-9H2,1-4H3. The molecule has 20 heavy (non-hydrogen) atoms. The molecule has 0 saturated carbocycles. The van der Waals surface area contributed by atoms with Gasteiger partial charge in [0.05, 0.1) is 0 Å². The van der Waals surface area contributed by atoms with E-state index >= 15 is 0 Å². The van der Waals surface area contributed by atoms with Gasteiger partial charge in [-0.25, -0.2) is 0 Å². The number of carbonyl (C=O) groups is 1. The molecule has 0 bridgehead atoms. The topological polar surface area (TPSA) is 25.2 Å². The van der Waals surface area contributed by atoms with Crippen molar-refractivity contribution in [3.63, 3.8) is 0 Å². The molecule has 0 aromatic carbocycles. The number of rotatable bonds is 3. The fourth-order valence-corrected chi connectivity index (χ4v) is 3.25. The van der Waals surface area contributed by atoms with E-state index in [1.54, 1.807) is 0 Å². The lowest BCUT2D eigenvalue weighted by Gasteiger charge is -2.39. The van der Waals surface area contributed by atoms with Gasteiger partial charge in [-0.1, -0.05) is 20.3 Å². The molecule has 2 heterocycles. The van der Waals surface area contributed by atoms with Crippen LogP contribution in [0.4, 0.5) is 0 Å². The van der Waals surface area contributed by atoms with Crippen molar-refractivity contribution in [1.82, 2.24) is 9.47 Å². The summed E-state index contributed by atoms with van der Waals surface area (Å²) in [7, 11) is 0. The Labute approximate surface area is 130 Å². The Kier molecular flexibility index (Phi) is 4.62. The zero-order chi connectivity index (χ0) is 14.9. The van der Waals surface area contributed by atoms with Crippen molar-refractivity contribution in [2.24, 2.45) is 5.41 Å². The summed E-state index contributed by atoms with van der Waals surface area (Å²) in [5.41, 5.74) is 1.21. The number of amides is 1. The Balaban J connectivity index is 2.13. The number of aromatic nitrogens is 1. The minimum Gasteiger partial charge on any atom is -0.340 e. The highest BCUT2D eigenvalue weighted by molar-refractivity contribution is 9.10. The van der Waals surface area contributed by atoms with Crippen LogP contribution in [0, 0.1) is 5.41 Å². The van der Waals surface area contributed by atoms with Gasteiger partial charge in [-0.2, -0.15) is 0 Å². The van der Waals surface area contributed by atoms with E-state index in [9.17, 15) is 4.79 Å². The van der Waals surface area contributed by atoms with Crippen molar-refractivity contribution in [2.75, 3.05) is 13.1 Å². The van der Waals surface area contributed by atoms with Crippen LogP contribution in [-0.2, 0) is 0 Å². The molecule has 0 aliphatic carbocycles. The monoisotopic (exact) mass is 340 g/mol. The summed E-state index contributed by atoms with van der Waals surface area (Å²) < 4.78 is 3.03. The fourth-order valence-electron chi connectivity index (χ4n) is 2.81. The van der Waals surface area contributed by atoms with Crippen LogP contribution < -0.4 is 0 Å². The first kappa shape index (κ1) is 15.6. The molecular formula is C16H25BrN2O. The average molecular weight is 341 g/mol. The molecular weight excluding hydrogens is 316 g/mol. The summed E-state index contributed by atoms with van der Waals surface area (Å²) in [6, 6.07) is 2.24. The highest BCUT2D eigenvalue weighted by Gasteiger charge is 2.31. The van der Waals surface area contributed by atoms with Crippen molar-refractivity contribution in [2.45, 2.75) is 53.0 Å². The molecule has 3 nitrogen and oxygen atoms in total. The third-order valence-corrected chi connectivity index (χ3v) is 5.14. The molecule has 112 valence electrons. The van der Waals surface area contributed by atoms with Crippen molar-refractivity contribution in [3.05, 3.63) is 22.4 Å². The number of nitrogens with zero attached hydrogens (tertiary/aromatic N) is 2. The van der Waals surface area contributed by atoms with E-state index in [0.717, 1.165) is 36.1 Å². The van der Waals surface area contributed by atoms with Gasteiger partial charge in [0.1, 0.15) is 5.69 Å². The van der Waals surface area contributed by atoms with Crippen LogP contribution in [0.15, 0.2) is 16.7 Å². The Morgan fingerprint density at radius 1 is 1.40 bits per heavy atom. The van der Waals surface area contributed by atoms with Gasteiger partial charge < -0.3 is 9.47 Å². The van der Waals surface area contributed by atoms with E-state index in [1.165, 1.54) is 6.42 Å². The second kappa shape index (κ2) is 5.92. The van der Waals surface area contributed by atoms with Crippen LogP contribution in [0.25, 0.3) is 0 Å². The number of hydrogen-bond donors (Lipinski definition) is 0. The molecule has 1 amide bonds. The van der Waals surface area contributed by atoms with Gasteiger partial charge in [-0.15, -0.1) is 0 Å². The van der Waals surface area contributed by atoms with Crippen molar-refractivity contribution in [3.8, 4) is 0 Å². The maximum Gasteiger partial charge on any atom is 0.270 e. The van der Waals surface area contributed by atoms with E-state index in [1.807, 2.05) is 17.2 Å². The smallest absolute Gasteiger partial charge is 0.270 e. The van der Waals surface area contributed by atoms with Crippen LogP contribution in [0.1, 0.15) is 63.5 Å². The number of carbonyl (C=O) groups excluding carboxylic acids is 1. The highest BCUT2D eigenvalue weighted by Crippen LogP contribution is 2.34. The normalized spacial score (nSPS) is 18.6. The molecule has 1 saturated heterocycles. The Bertz CT molecular complexity index is 485. The van der Waals surface area contributed by atoms with Gasteiger partial charge >= 0.3 is 0 Å². The molecule has 1 fully saturated rings. The van der Waals surface area contributed by atoms with E-state index in [0.29, 0.717) is 11.5 Å². The van der Waals surface area contributed by atoms with Gasteiger partial charge in [0.25, 0.3) is 5.91 Å². The zero-order valence-electron chi connectivity index (χ0n) is 12.9. The van der Waals surface area contributed by atoms with Gasteiger partial charge in [0, 0.05) is 29.8 Å². The van der Waals surface area contributed by atoms with E-state index in [-0.39, 0.29) is 5.91 Å². The van der Waals surface area contributed by atoms with Crippen molar-refractivity contribution >= 4 is 21.8 Å². The molecule has 2 rings (SSSR count). The van der Waals surface area contributed by atoms with Crippen LogP contribution >= 0.6 is 15.9 Å². The summed E-state index contributed by atoms with van der Waals surface area (Å²) in [5, 5.41) is 0. The predicted octanol–water partition coefficient (Wildman–Crippen LogP) is 4.48. The molecule has 1 aromatic rings. The van der Waals surface area contributed by atoms with Crippen molar-refractivity contribution < 1.29 is 4.79 Å². The van der Waals surface area contributed by atoms with Crippen LogP contribution in [0.2, 0.25) is 0 Å². The molecule has 0 radical (unpaired) electrons. The number of likely N-dealkylation sites (tertiary alicyclic amines) is 1. The minimum absolute atomic E-state index is 0.169. The van der Waals surface area contributed by atoms with Crippen LogP contribution in [0.5, 0.6) is 0 Å². The largest absolute Gasteiger partial charge is 0.340 e. The van der Waals surface area contributed by atoms with Gasteiger partial charge in [0.15, 0.2) is 0 Å². The molecule has 4 heteroatoms. The third kappa shape index (κ3) is 3.11. The van der Waals surface area contributed by atoms with Crippen LogP contribution in [-0.4, -0.2) is 28.5 Å². The SMILES string of the molecule is CCC1(C)CCN(C(=O)c2cc(Br)cn2C(C)C)CC1. The molecule has 1 aromatic heterocycles. The summed E-state index contributed by atoms with van der Waals surface area (Å²) in [5.74, 6) is 0.169. The molecule has 0 N–H and O–H groups in total. The summed E-state index contributed by atoms with van der Waals surface area (Å²) >= 11 is 3.48. The predicted molar refractivity (Wildman–Crippen MR) is 86.1 cm³/mol. The number of piperidine rings is 1. The summed E-state index contributed by atoms with van der Waals surface area (Å²) in [6.45, 7) is 10.6. The Morgan fingerprint density at radius 2 is 2.00 bits per heavy atom. The third-order valence-electron chi connectivity index (χ3n) is 4.70. The fraction of sp³-hybridized carbons (Fsp3) is 0.688. The maximum absolute atomic E-state index is 12.7. The van der Waals surface area contributed by atoms with E-state index in [4.69, 9.17) is 0 Å². The second-order valence-electron chi connectivity index (χ2n) is 6.50. The maximum atomic E-state index is 12.7. The second-order valence-corrected chi connectivity index (χ2v) is 7.42. The molecule has 1 aliphatic rings. The first-order chi connectivity index (χ1) is 9.36. The number of hydrogen-bond acceptors (Lipinski definition) is 1. The average Bonchev–Trinajstić information content (AvgIpc) is 2.81. The Morgan fingerprint density at radius 3 is 2.50 bits per heavy atom. The van der Waals surface area contributed by atoms with Crippen molar-refractivity contribution in [1.29, 1.82) is 0 Å². The van der Waals surface area contributed by atoms with E-state index in [2.05, 4.69) is 48.2 Å². The van der Waals surface area contributed by atoms with Crippen LogP contribution in [0.3, 0.4) is 0 Å². The highest BCUT2D eigenvalue weighted by atomic mass is 79.9.